The Kier molecular flexibility index (Phi) is 5.32. The van der Waals surface area contributed by atoms with Crippen LogP contribution in [0.3, 0.4) is 0 Å². The molecule has 0 saturated heterocycles. The lowest BCUT2D eigenvalue weighted by molar-refractivity contribution is 0.354. The van der Waals surface area contributed by atoms with Crippen LogP contribution >= 0.6 is 0 Å². The Balaban J connectivity index is 2.71. The third-order valence-corrected chi connectivity index (χ3v) is 4.40. The fraction of sp³-hybridized carbons (Fsp3) is 0.462. The van der Waals surface area contributed by atoms with Gasteiger partial charge in [0, 0.05) is 6.54 Å². The van der Waals surface area contributed by atoms with Gasteiger partial charge in [-0.05, 0) is 44.3 Å². The molecule has 0 radical (unpaired) electrons. The van der Waals surface area contributed by atoms with Crippen LogP contribution in [0.25, 0.3) is 0 Å². The van der Waals surface area contributed by atoms with Crippen molar-refractivity contribution < 1.29 is 8.42 Å². The van der Waals surface area contributed by atoms with Gasteiger partial charge in [0.1, 0.15) is 0 Å². The van der Waals surface area contributed by atoms with Crippen LogP contribution in [-0.2, 0) is 9.84 Å². The van der Waals surface area contributed by atoms with E-state index in [1.807, 2.05) is 18.0 Å². The number of sulfone groups is 1. The highest BCUT2D eigenvalue weighted by Crippen LogP contribution is 2.12. The van der Waals surface area contributed by atoms with E-state index in [2.05, 4.69) is 6.92 Å². The summed E-state index contributed by atoms with van der Waals surface area (Å²) in [7, 11) is -1.34. The molecule has 0 bridgehead atoms. The lowest BCUT2D eigenvalue weighted by atomic mass is 10.2. The fourth-order valence-corrected chi connectivity index (χ4v) is 2.96. The summed E-state index contributed by atoms with van der Waals surface area (Å²) in [4.78, 5) is 2.28. The second-order valence-corrected chi connectivity index (χ2v) is 6.37. The molecule has 0 aromatic heterocycles. The van der Waals surface area contributed by atoms with Crippen LogP contribution in [0.2, 0.25) is 0 Å². The van der Waals surface area contributed by atoms with Gasteiger partial charge in [0.05, 0.1) is 22.3 Å². The molecule has 0 amide bonds. The molecule has 1 rings (SSSR count). The second kappa shape index (κ2) is 6.53. The number of hydrogen-bond acceptors (Lipinski definition) is 4. The maximum absolute atomic E-state index is 12.0. The first-order valence-electron chi connectivity index (χ1n) is 5.91. The van der Waals surface area contributed by atoms with E-state index in [0.29, 0.717) is 12.1 Å². The number of benzene rings is 1. The van der Waals surface area contributed by atoms with Crippen LogP contribution in [0.4, 0.5) is 0 Å². The van der Waals surface area contributed by atoms with E-state index < -0.39 is 9.84 Å². The van der Waals surface area contributed by atoms with Crippen molar-refractivity contribution in [1.82, 2.24) is 4.90 Å². The lowest BCUT2D eigenvalue weighted by Crippen LogP contribution is -2.26. The van der Waals surface area contributed by atoms with Crippen LogP contribution < -0.4 is 0 Å². The summed E-state index contributed by atoms with van der Waals surface area (Å²) in [5.41, 5.74) is 0.469. The third-order valence-electron chi connectivity index (χ3n) is 2.69. The molecule has 0 N–H and O–H groups in total. The Labute approximate surface area is 109 Å². The highest BCUT2D eigenvalue weighted by molar-refractivity contribution is 7.91. The number of rotatable bonds is 6. The van der Waals surface area contributed by atoms with Gasteiger partial charge in [-0.3, -0.25) is 0 Å². The Hall–Kier alpha value is -1.38. The van der Waals surface area contributed by atoms with Gasteiger partial charge in [0.15, 0.2) is 9.84 Å². The maximum atomic E-state index is 12.0. The van der Waals surface area contributed by atoms with E-state index >= 15 is 0 Å². The Morgan fingerprint density at radius 1 is 1.22 bits per heavy atom. The fourth-order valence-electron chi connectivity index (χ4n) is 1.62. The molecule has 0 aliphatic carbocycles. The number of nitriles is 1. The monoisotopic (exact) mass is 266 g/mol. The zero-order chi connectivity index (χ0) is 13.6. The van der Waals surface area contributed by atoms with Crippen LogP contribution in [0.15, 0.2) is 29.2 Å². The van der Waals surface area contributed by atoms with E-state index in [9.17, 15) is 8.42 Å². The summed E-state index contributed by atoms with van der Waals surface area (Å²) in [5.74, 6) is 0.107. The van der Waals surface area contributed by atoms with Gasteiger partial charge < -0.3 is 4.90 Å². The molecule has 0 aliphatic heterocycles. The van der Waals surface area contributed by atoms with E-state index in [4.69, 9.17) is 5.26 Å². The van der Waals surface area contributed by atoms with Crippen molar-refractivity contribution >= 4 is 9.84 Å². The predicted molar refractivity (Wildman–Crippen MR) is 71.0 cm³/mol. The molecule has 1 aromatic rings. The molecule has 0 unspecified atom stereocenters. The Bertz CT molecular complexity index is 515. The molecule has 0 heterocycles. The summed E-state index contributed by atoms with van der Waals surface area (Å²) in [5, 5.41) is 8.66. The van der Waals surface area contributed by atoms with Crippen LogP contribution in [0, 0.1) is 11.3 Å². The van der Waals surface area contributed by atoms with Crippen LogP contribution in [0.1, 0.15) is 18.9 Å². The van der Waals surface area contributed by atoms with Crippen molar-refractivity contribution in [1.29, 1.82) is 5.26 Å². The highest BCUT2D eigenvalue weighted by Gasteiger charge is 2.14. The average molecular weight is 266 g/mol. The standard InChI is InChI=1S/C13H18N2O2S/c1-3-8-15(2)9-10-18(16,17)13-6-4-12(11-14)5-7-13/h4-7H,3,8-10H2,1-2H3. The van der Waals surface area contributed by atoms with Gasteiger partial charge >= 0.3 is 0 Å². The largest absolute Gasteiger partial charge is 0.305 e. The zero-order valence-electron chi connectivity index (χ0n) is 10.8. The van der Waals surface area contributed by atoms with E-state index in [-0.39, 0.29) is 10.6 Å². The first-order valence-corrected chi connectivity index (χ1v) is 7.56. The van der Waals surface area contributed by atoms with Gasteiger partial charge in [-0.15, -0.1) is 0 Å². The van der Waals surface area contributed by atoms with Gasteiger partial charge in [-0.1, -0.05) is 6.92 Å². The average Bonchev–Trinajstić information content (AvgIpc) is 2.37. The zero-order valence-corrected chi connectivity index (χ0v) is 11.6. The van der Waals surface area contributed by atoms with Gasteiger partial charge in [0.25, 0.3) is 0 Å². The molecule has 0 aliphatic rings. The van der Waals surface area contributed by atoms with Gasteiger partial charge in [-0.25, -0.2) is 8.42 Å². The summed E-state index contributed by atoms with van der Waals surface area (Å²) < 4.78 is 24.1. The SMILES string of the molecule is CCCN(C)CCS(=O)(=O)c1ccc(C#N)cc1. The van der Waals surface area contributed by atoms with E-state index in [0.717, 1.165) is 13.0 Å². The minimum atomic E-state index is -3.25. The Morgan fingerprint density at radius 3 is 2.33 bits per heavy atom. The summed E-state index contributed by atoms with van der Waals surface area (Å²) in [6, 6.07) is 8.02. The van der Waals surface area contributed by atoms with E-state index in [1.165, 1.54) is 24.3 Å². The van der Waals surface area contributed by atoms with E-state index in [1.54, 1.807) is 0 Å². The van der Waals surface area contributed by atoms with Crippen molar-refractivity contribution in [3.63, 3.8) is 0 Å². The molecular weight excluding hydrogens is 248 g/mol. The first kappa shape index (κ1) is 14.7. The first-order chi connectivity index (χ1) is 8.49. The normalized spacial score (nSPS) is 11.4. The van der Waals surface area contributed by atoms with Crippen molar-refractivity contribution in [2.24, 2.45) is 0 Å². The number of nitrogens with zero attached hydrogens (tertiary/aromatic N) is 2. The van der Waals surface area contributed by atoms with Gasteiger partial charge in [0.2, 0.25) is 0 Å². The van der Waals surface area contributed by atoms with Crippen molar-refractivity contribution in [3.8, 4) is 6.07 Å². The second-order valence-electron chi connectivity index (χ2n) is 4.26. The molecular formula is C13H18N2O2S. The van der Waals surface area contributed by atoms with Crippen molar-refractivity contribution in [3.05, 3.63) is 29.8 Å². The Morgan fingerprint density at radius 2 is 1.83 bits per heavy atom. The smallest absolute Gasteiger partial charge is 0.179 e. The highest BCUT2D eigenvalue weighted by atomic mass is 32.2. The molecule has 0 atom stereocenters. The summed E-state index contributed by atoms with van der Waals surface area (Å²) >= 11 is 0. The molecule has 0 fully saturated rings. The predicted octanol–water partition coefficient (Wildman–Crippen LogP) is 1.67. The quantitative estimate of drug-likeness (QED) is 0.786. The van der Waals surface area contributed by atoms with Crippen LogP contribution in [0.5, 0.6) is 0 Å². The van der Waals surface area contributed by atoms with Crippen LogP contribution in [-0.4, -0.2) is 39.2 Å². The molecule has 1 aromatic carbocycles. The topological polar surface area (TPSA) is 61.2 Å². The minimum absolute atomic E-state index is 0.107. The summed E-state index contributed by atoms with van der Waals surface area (Å²) in [6.45, 7) is 3.48. The molecule has 0 saturated carbocycles. The lowest BCUT2D eigenvalue weighted by Gasteiger charge is -2.15. The maximum Gasteiger partial charge on any atom is 0.179 e. The number of hydrogen-bond donors (Lipinski definition) is 0. The third kappa shape index (κ3) is 4.13. The summed E-state index contributed by atoms with van der Waals surface area (Å²) in [6.07, 6.45) is 1.01. The van der Waals surface area contributed by atoms with Crippen molar-refractivity contribution in [2.45, 2.75) is 18.2 Å². The molecule has 98 valence electrons. The minimum Gasteiger partial charge on any atom is -0.305 e. The molecule has 5 heteroatoms. The molecule has 0 spiro atoms. The van der Waals surface area contributed by atoms with Crippen molar-refractivity contribution in [2.75, 3.05) is 25.9 Å². The van der Waals surface area contributed by atoms with Gasteiger partial charge in [-0.2, -0.15) is 5.26 Å². The molecule has 4 nitrogen and oxygen atoms in total. The molecule has 18 heavy (non-hydrogen) atoms.